The molecule has 0 radical (unpaired) electrons. The summed E-state index contributed by atoms with van der Waals surface area (Å²) in [6.07, 6.45) is 1.48. The van der Waals surface area contributed by atoms with Gasteiger partial charge in [-0.3, -0.25) is 14.6 Å². The zero-order valence-corrected chi connectivity index (χ0v) is 15.5. The van der Waals surface area contributed by atoms with Crippen LogP contribution in [0.3, 0.4) is 0 Å². The van der Waals surface area contributed by atoms with Gasteiger partial charge in [-0.1, -0.05) is 29.3 Å². The van der Waals surface area contributed by atoms with Crippen LogP contribution in [0.1, 0.15) is 21.0 Å². The van der Waals surface area contributed by atoms with E-state index in [9.17, 15) is 14.0 Å². The maximum Gasteiger partial charge on any atom is 0.274 e. The van der Waals surface area contributed by atoms with Crippen molar-refractivity contribution >= 4 is 46.4 Å². The summed E-state index contributed by atoms with van der Waals surface area (Å²) in [5.41, 5.74) is 0.654. The molecule has 27 heavy (non-hydrogen) atoms. The molecule has 2 N–H and O–H groups in total. The number of nitrogens with zero attached hydrogens (tertiary/aromatic N) is 2. The summed E-state index contributed by atoms with van der Waals surface area (Å²) in [6.45, 7) is 0. The van der Waals surface area contributed by atoms with Gasteiger partial charge in [0.2, 0.25) is 0 Å². The third-order valence-electron chi connectivity index (χ3n) is 3.72. The number of amides is 2. The topological polar surface area (TPSA) is 76.0 Å². The summed E-state index contributed by atoms with van der Waals surface area (Å²) in [5.74, 6) is -1.64. The van der Waals surface area contributed by atoms with Crippen LogP contribution < -0.4 is 10.6 Å². The smallest absolute Gasteiger partial charge is 0.274 e. The van der Waals surface area contributed by atoms with Gasteiger partial charge in [0.15, 0.2) is 0 Å². The van der Waals surface area contributed by atoms with Gasteiger partial charge in [-0.05, 0) is 36.4 Å². The molecule has 0 bridgehead atoms. The van der Waals surface area contributed by atoms with Gasteiger partial charge >= 0.3 is 0 Å². The van der Waals surface area contributed by atoms with Crippen LogP contribution in [0.25, 0.3) is 0 Å². The fourth-order valence-corrected chi connectivity index (χ4v) is 2.73. The number of hydrogen-bond donors (Lipinski definition) is 2. The molecule has 0 atom stereocenters. The van der Waals surface area contributed by atoms with Crippen LogP contribution in [0, 0.1) is 5.82 Å². The van der Waals surface area contributed by atoms with E-state index in [4.69, 9.17) is 23.2 Å². The van der Waals surface area contributed by atoms with Gasteiger partial charge in [0.25, 0.3) is 11.8 Å². The molecular formula is C18H13Cl2FN4O2. The molecule has 138 valence electrons. The van der Waals surface area contributed by atoms with Gasteiger partial charge in [0, 0.05) is 13.2 Å². The molecule has 0 unspecified atom stereocenters. The summed E-state index contributed by atoms with van der Waals surface area (Å²) >= 11 is 11.9. The molecule has 1 aromatic carbocycles. The minimum Gasteiger partial charge on any atom is -0.329 e. The number of benzene rings is 1. The van der Waals surface area contributed by atoms with Gasteiger partial charge in [-0.2, -0.15) is 0 Å². The van der Waals surface area contributed by atoms with E-state index in [0.29, 0.717) is 0 Å². The lowest BCUT2D eigenvalue weighted by atomic mass is 10.2. The molecule has 2 heterocycles. The van der Waals surface area contributed by atoms with Gasteiger partial charge in [0.05, 0.1) is 16.4 Å². The van der Waals surface area contributed by atoms with Crippen LogP contribution >= 0.6 is 23.2 Å². The second-order valence-electron chi connectivity index (χ2n) is 5.54. The molecule has 0 aliphatic rings. The summed E-state index contributed by atoms with van der Waals surface area (Å²) in [6, 6.07) is 9.87. The molecular weight excluding hydrogens is 394 g/mol. The lowest BCUT2D eigenvalue weighted by Crippen LogP contribution is -2.19. The molecule has 0 aliphatic heterocycles. The quantitative estimate of drug-likeness (QED) is 0.675. The largest absolute Gasteiger partial charge is 0.329 e. The maximum atomic E-state index is 13.7. The van der Waals surface area contributed by atoms with Crippen LogP contribution in [0.15, 0.2) is 48.7 Å². The Bertz CT molecular complexity index is 1020. The van der Waals surface area contributed by atoms with Crippen molar-refractivity contribution in [3.63, 3.8) is 0 Å². The first kappa shape index (κ1) is 18.9. The first-order chi connectivity index (χ1) is 12.9. The molecule has 0 saturated heterocycles. The fraction of sp³-hybridized carbons (Fsp3) is 0.0556. The molecule has 2 aromatic heterocycles. The van der Waals surface area contributed by atoms with E-state index in [0.717, 1.165) is 6.07 Å². The highest BCUT2D eigenvalue weighted by molar-refractivity contribution is 6.42. The second-order valence-corrected chi connectivity index (χ2v) is 6.31. The lowest BCUT2D eigenvalue weighted by molar-refractivity contribution is 0.101. The van der Waals surface area contributed by atoms with Crippen LogP contribution in [0.4, 0.5) is 15.8 Å². The Morgan fingerprint density at radius 3 is 2.41 bits per heavy atom. The van der Waals surface area contributed by atoms with Crippen molar-refractivity contribution in [1.82, 2.24) is 9.55 Å². The van der Waals surface area contributed by atoms with E-state index in [1.54, 1.807) is 19.2 Å². The Labute approximate surface area is 163 Å². The third kappa shape index (κ3) is 4.10. The highest BCUT2D eigenvalue weighted by Crippen LogP contribution is 2.28. The average Bonchev–Trinajstić information content (AvgIpc) is 2.92. The highest BCUT2D eigenvalue weighted by Gasteiger charge is 2.18. The van der Waals surface area contributed by atoms with E-state index in [1.807, 2.05) is 0 Å². The lowest BCUT2D eigenvalue weighted by Gasteiger charge is -2.13. The molecule has 2 amide bonds. The number of carbonyl (C=O) groups excluding carboxylic acids is 2. The summed E-state index contributed by atoms with van der Waals surface area (Å²) < 4.78 is 15.1. The van der Waals surface area contributed by atoms with Crippen molar-refractivity contribution in [3.05, 3.63) is 76.0 Å². The predicted octanol–water partition coefficient (Wildman–Crippen LogP) is 4.37. The number of halogens is 3. The SMILES string of the molecule is Cn1c(C(=O)Nc2cc(F)ccc2NC(=O)c2ccccn2)cc(Cl)c1Cl. The minimum atomic E-state index is -0.580. The van der Waals surface area contributed by atoms with Gasteiger partial charge in [-0.15, -0.1) is 0 Å². The van der Waals surface area contributed by atoms with E-state index in [1.165, 1.54) is 35.0 Å². The Morgan fingerprint density at radius 2 is 1.78 bits per heavy atom. The highest BCUT2D eigenvalue weighted by atomic mass is 35.5. The number of nitrogens with one attached hydrogen (secondary N) is 2. The number of anilines is 2. The Morgan fingerprint density at radius 1 is 1.04 bits per heavy atom. The van der Waals surface area contributed by atoms with Crippen molar-refractivity contribution in [3.8, 4) is 0 Å². The van der Waals surface area contributed by atoms with Crippen LogP contribution in [-0.2, 0) is 7.05 Å². The van der Waals surface area contributed by atoms with Crippen molar-refractivity contribution in [2.45, 2.75) is 0 Å². The summed E-state index contributed by atoms with van der Waals surface area (Å²) in [4.78, 5) is 28.8. The first-order valence-corrected chi connectivity index (χ1v) is 8.46. The second kappa shape index (κ2) is 7.77. The third-order valence-corrected chi connectivity index (χ3v) is 4.57. The van der Waals surface area contributed by atoms with Crippen molar-refractivity contribution in [1.29, 1.82) is 0 Å². The molecule has 0 spiro atoms. The predicted molar refractivity (Wildman–Crippen MR) is 102 cm³/mol. The van der Waals surface area contributed by atoms with Crippen LogP contribution in [-0.4, -0.2) is 21.4 Å². The average molecular weight is 407 g/mol. The number of aromatic nitrogens is 2. The fourth-order valence-electron chi connectivity index (χ4n) is 2.36. The van der Waals surface area contributed by atoms with E-state index in [2.05, 4.69) is 15.6 Å². The standard InChI is InChI=1S/C18H13Cl2FN4O2/c1-25-15(9-11(19)16(25)20)18(27)24-14-8-10(21)5-6-12(14)23-17(26)13-4-2-3-7-22-13/h2-9H,1H3,(H,23,26)(H,24,27). The zero-order valence-electron chi connectivity index (χ0n) is 14.0. The normalized spacial score (nSPS) is 10.5. The minimum absolute atomic E-state index is 0.0812. The van der Waals surface area contributed by atoms with Crippen LogP contribution in [0.2, 0.25) is 10.2 Å². The molecule has 3 rings (SSSR count). The van der Waals surface area contributed by atoms with Gasteiger partial charge < -0.3 is 15.2 Å². The number of hydrogen-bond acceptors (Lipinski definition) is 3. The van der Waals surface area contributed by atoms with Gasteiger partial charge in [0.1, 0.15) is 22.4 Å². The van der Waals surface area contributed by atoms with E-state index < -0.39 is 17.6 Å². The number of carbonyl (C=O) groups is 2. The first-order valence-electron chi connectivity index (χ1n) is 7.71. The molecule has 0 fully saturated rings. The van der Waals surface area contributed by atoms with Crippen molar-refractivity contribution < 1.29 is 14.0 Å². The molecule has 9 heteroatoms. The zero-order chi connectivity index (χ0) is 19.6. The van der Waals surface area contributed by atoms with E-state index in [-0.39, 0.29) is 32.9 Å². The summed E-state index contributed by atoms with van der Waals surface area (Å²) in [5, 5.41) is 5.57. The molecule has 6 nitrogen and oxygen atoms in total. The molecule has 0 aliphatic carbocycles. The maximum absolute atomic E-state index is 13.7. The van der Waals surface area contributed by atoms with Crippen molar-refractivity contribution in [2.75, 3.05) is 10.6 Å². The molecule has 3 aromatic rings. The van der Waals surface area contributed by atoms with Crippen molar-refractivity contribution in [2.24, 2.45) is 7.05 Å². The Kier molecular flexibility index (Phi) is 5.43. The van der Waals surface area contributed by atoms with E-state index >= 15 is 0 Å². The summed E-state index contributed by atoms with van der Waals surface area (Å²) in [7, 11) is 1.57. The van der Waals surface area contributed by atoms with Gasteiger partial charge in [-0.25, -0.2) is 4.39 Å². The number of rotatable bonds is 4. The Balaban J connectivity index is 1.87. The number of pyridine rings is 1. The van der Waals surface area contributed by atoms with Crippen LogP contribution in [0.5, 0.6) is 0 Å². The Hall–Kier alpha value is -2.90. The molecule has 0 saturated carbocycles. The monoisotopic (exact) mass is 406 g/mol.